The summed E-state index contributed by atoms with van der Waals surface area (Å²) in [7, 11) is 0. The Balaban J connectivity index is 1.95. The standard InChI is InChI=1S/C26H29NO6/c1-6-18-15-22(28)31-20-12-16(2)13-21(23(18)20)32-24(29)19(14-17-10-8-7-9-11-17)27-25(30)33-26(3,4)5/h7-13,15,19H,6,14H2,1-5H3,(H,27,30)/t19-/m1/s1. The normalized spacial score (nSPS) is 12.3. The molecule has 0 radical (unpaired) electrons. The zero-order chi connectivity index (χ0) is 24.2. The number of hydrogen-bond donors (Lipinski definition) is 1. The highest BCUT2D eigenvalue weighted by Gasteiger charge is 2.27. The first-order valence-electron chi connectivity index (χ1n) is 10.9. The highest BCUT2D eigenvalue weighted by Crippen LogP contribution is 2.30. The van der Waals surface area contributed by atoms with Crippen molar-refractivity contribution in [3.8, 4) is 5.75 Å². The van der Waals surface area contributed by atoms with Crippen molar-refractivity contribution in [2.45, 2.75) is 59.1 Å². The Morgan fingerprint density at radius 2 is 1.79 bits per heavy atom. The third-order valence-corrected chi connectivity index (χ3v) is 4.88. The molecule has 33 heavy (non-hydrogen) atoms. The van der Waals surface area contributed by atoms with E-state index in [0.717, 1.165) is 11.1 Å². The van der Waals surface area contributed by atoms with Crippen molar-refractivity contribution in [1.29, 1.82) is 0 Å². The summed E-state index contributed by atoms with van der Waals surface area (Å²) in [5, 5.41) is 3.20. The van der Waals surface area contributed by atoms with E-state index in [0.29, 0.717) is 23.0 Å². The highest BCUT2D eigenvalue weighted by molar-refractivity contribution is 5.91. The van der Waals surface area contributed by atoms with Gasteiger partial charge in [-0.3, -0.25) is 0 Å². The molecule has 1 N–H and O–H groups in total. The fourth-order valence-corrected chi connectivity index (χ4v) is 3.50. The average Bonchev–Trinajstić information content (AvgIpc) is 2.71. The van der Waals surface area contributed by atoms with Crippen LogP contribution in [0.2, 0.25) is 0 Å². The summed E-state index contributed by atoms with van der Waals surface area (Å²) >= 11 is 0. The van der Waals surface area contributed by atoms with E-state index in [1.165, 1.54) is 6.07 Å². The summed E-state index contributed by atoms with van der Waals surface area (Å²) in [6.45, 7) is 8.96. The van der Waals surface area contributed by atoms with Gasteiger partial charge in [0.25, 0.3) is 0 Å². The summed E-state index contributed by atoms with van der Waals surface area (Å²) in [5.41, 5.74) is 1.50. The van der Waals surface area contributed by atoms with Crippen LogP contribution in [0.3, 0.4) is 0 Å². The third-order valence-electron chi connectivity index (χ3n) is 4.88. The maximum atomic E-state index is 13.3. The molecule has 174 valence electrons. The number of amides is 1. The zero-order valence-electron chi connectivity index (χ0n) is 19.6. The minimum atomic E-state index is -0.987. The van der Waals surface area contributed by atoms with Crippen LogP contribution in [-0.2, 0) is 22.4 Å². The Labute approximate surface area is 192 Å². The summed E-state index contributed by atoms with van der Waals surface area (Å²) in [5.74, 6) is -0.371. The van der Waals surface area contributed by atoms with Crippen LogP contribution in [0, 0.1) is 6.92 Å². The minimum absolute atomic E-state index is 0.221. The number of ether oxygens (including phenoxy) is 2. The molecule has 0 saturated heterocycles. The molecule has 2 aromatic carbocycles. The predicted octanol–water partition coefficient (Wildman–Crippen LogP) is 4.71. The maximum Gasteiger partial charge on any atom is 0.408 e. The fourth-order valence-electron chi connectivity index (χ4n) is 3.50. The van der Waals surface area contributed by atoms with Crippen LogP contribution in [0.1, 0.15) is 44.4 Å². The van der Waals surface area contributed by atoms with Crippen LogP contribution in [0.25, 0.3) is 11.0 Å². The predicted molar refractivity (Wildman–Crippen MR) is 126 cm³/mol. The lowest BCUT2D eigenvalue weighted by Crippen LogP contribution is -2.46. The van der Waals surface area contributed by atoms with E-state index < -0.39 is 29.3 Å². The molecule has 0 aliphatic carbocycles. The van der Waals surface area contributed by atoms with Crippen molar-refractivity contribution in [2.75, 3.05) is 0 Å². The molecule has 0 aliphatic heterocycles. The van der Waals surface area contributed by atoms with Crippen molar-refractivity contribution in [1.82, 2.24) is 5.32 Å². The minimum Gasteiger partial charge on any atom is -0.444 e. The SMILES string of the molecule is CCc1cc(=O)oc2cc(C)cc(OC(=O)[C@@H](Cc3ccccc3)NC(=O)OC(C)(C)C)c12. The second kappa shape index (κ2) is 9.90. The molecule has 1 amide bonds. The third kappa shape index (κ3) is 6.44. The lowest BCUT2D eigenvalue weighted by Gasteiger charge is -2.23. The molecule has 0 spiro atoms. The summed E-state index contributed by atoms with van der Waals surface area (Å²) in [4.78, 5) is 37.6. The Bertz CT molecular complexity index is 1210. The summed E-state index contributed by atoms with van der Waals surface area (Å²) in [6.07, 6.45) is 0.0623. The van der Waals surface area contributed by atoms with E-state index in [4.69, 9.17) is 13.9 Å². The van der Waals surface area contributed by atoms with Crippen LogP contribution in [0.5, 0.6) is 5.75 Å². The van der Waals surface area contributed by atoms with Gasteiger partial charge in [-0.2, -0.15) is 0 Å². The van der Waals surface area contributed by atoms with Crippen LogP contribution >= 0.6 is 0 Å². The maximum absolute atomic E-state index is 13.3. The zero-order valence-corrected chi connectivity index (χ0v) is 19.6. The van der Waals surface area contributed by atoms with Gasteiger partial charge < -0.3 is 19.2 Å². The Morgan fingerprint density at radius 3 is 2.42 bits per heavy atom. The molecule has 0 unspecified atom stereocenters. The Kier molecular flexibility index (Phi) is 7.21. The van der Waals surface area contributed by atoms with Crippen molar-refractivity contribution in [3.05, 3.63) is 75.6 Å². The number of aryl methyl sites for hydroxylation is 2. The molecule has 1 heterocycles. The lowest BCUT2D eigenvalue weighted by molar-refractivity contribution is -0.136. The molecule has 0 aliphatic rings. The van der Waals surface area contributed by atoms with Crippen molar-refractivity contribution < 1.29 is 23.5 Å². The number of carbonyl (C=O) groups excluding carboxylic acids is 2. The smallest absolute Gasteiger partial charge is 0.408 e. The Hall–Kier alpha value is -3.61. The van der Waals surface area contributed by atoms with E-state index in [2.05, 4.69) is 5.32 Å². The number of fused-ring (bicyclic) bond motifs is 1. The largest absolute Gasteiger partial charge is 0.444 e. The van der Waals surface area contributed by atoms with Crippen LogP contribution in [0.4, 0.5) is 4.79 Å². The van der Waals surface area contributed by atoms with Gasteiger partial charge in [0, 0.05) is 12.5 Å². The van der Waals surface area contributed by atoms with E-state index in [1.54, 1.807) is 32.9 Å². The van der Waals surface area contributed by atoms with E-state index in [1.807, 2.05) is 44.2 Å². The number of nitrogens with one attached hydrogen (secondary N) is 1. The fraction of sp³-hybridized carbons (Fsp3) is 0.346. The molecule has 0 bridgehead atoms. The molecule has 3 aromatic rings. The number of hydrogen-bond acceptors (Lipinski definition) is 6. The second-order valence-corrected chi connectivity index (χ2v) is 8.89. The molecule has 7 heteroatoms. The molecule has 1 atom stereocenters. The molecule has 3 rings (SSSR count). The van der Waals surface area contributed by atoms with Gasteiger partial charge in [-0.05, 0) is 62.9 Å². The van der Waals surface area contributed by atoms with Gasteiger partial charge in [-0.1, -0.05) is 37.3 Å². The molecule has 0 saturated carbocycles. The number of esters is 1. The van der Waals surface area contributed by atoms with Crippen molar-refractivity contribution in [3.63, 3.8) is 0 Å². The van der Waals surface area contributed by atoms with Gasteiger partial charge in [0.1, 0.15) is 23.0 Å². The van der Waals surface area contributed by atoms with E-state index in [9.17, 15) is 14.4 Å². The van der Waals surface area contributed by atoms with Gasteiger partial charge in [0.15, 0.2) is 0 Å². The quantitative estimate of drug-likeness (QED) is 0.331. The number of alkyl carbamates (subject to hydrolysis) is 1. The Morgan fingerprint density at radius 1 is 1.09 bits per heavy atom. The number of benzene rings is 2. The number of carbonyl (C=O) groups is 2. The lowest BCUT2D eigenvalue weighted by atomic mass is 10.0. The van der Waals surface area contributed by atoms with Crippen molar-refractivity contribution >= 4 is 23.0 Å². The van der Waals surface area contributed by atoms with Gasteiger partial charge in [-0.15, -0.1) is 0 Å². The van der Waals surface area contributed by atoms with Gasteiger partial charge >= 0.3 is 17.7 Å². The monoisotopic (exact) mass is 451 g/mol. The van der Waals surface area contributed by atoms with Gasteiger partial charge in [-0.25, -0.2) is 14.4 Å². The highest BCUT2D eigenvalue weighted by atomic mass is 16.6. The van der Waals surface area contributed by atoms with Crippen LogP contribution in [-0.4, -0.2) is 23.7 Å². The van der Waals surface area contributed by atoms with Gasteiger partial charge in [0.2, 0.25) is 0 Å². The average molecular weight is 452 g/mol. The second-order valence-electron chi connectivity index (χ2n) is 8.89. The van der Waals surface area contributed by atoms with Crippen LogP contribution < -0.4 is 15.7 Å². The number of rotatable bonds is 6. The molecule has 0 fully saturated rings. The first-order valence-corrected chi connectivity index (χ1v) is 10.9. The summed E-state index contributed by atoms with van der Waals surface area (Å²) < 4.78 is 16.5. The van der Waals surface area contributed by atoms with Crippen LogP contribution in [0.15, 0.2) is 57.7 Å². The molecular formula is C26H29NO6. The van der Waals surface area contributed by atoms with E-state index in [-0.39, 0.29) is 12.2 Å². The topological polar surface area (TPSA) is 94.8 Å². The van der Waals surface area contributed by atoms with E-state index >= 15 is 0 Å². The molecule has 7 nitrogen and oxygen atoms in total. The first kappa shape index (κ1) is 24.0. The van der Waals surface area contributed by atoms with Crippen molar-refractivity contribution in [2.24, 2.45) is 0 Å². The first-order chi connectivity index (χ1) is 15.6. The molecular weight excluding hydrogens is 422 g/mol. The van der Waals surface area contributed by atoms with Gasteiger partial charge in [0.05, 0.1) is 5.39 Å². The molecule has 1 aromatic heterocycles. The summed E-state index contributed by atoms with van der Waals surface area (Å²) in [6, 6.07) is 13.2.